The molecule has 2 heterocycles. The number of fused-ring (bicyclic) bond motifs is 3. The summed E-state index contributed by atoms with van der Waals surface area (Å²) in [6, 6.07) is 3.83. The first-order chi connectivity index (χ1) is 12.0. The number of nitrogens with zero attached hydrogens (tertiary/aromatic N) is 3. The molecule has 4 rings (SSSR count). The number of Topliss-reactive ketones (excluding diaryl/α,β-unsaturated/α-hetero) is 1. The monoisotopic (exact) mass is 337 g/mol. The average molecular weight is 337 g/mol. The second kappa shape index (κ2) is 5.90. The van der Waals surface area contributed by atoms with Crippen molar-refractivity contribution in [3.05, 3.63) is 35.8 Å². The average Bonchev–Trinajstić information content (AvgIpc) is 2.65. The summed E-state index contributed by atoms with van der Waals surface area (Å²) in [6.45, 7) is 4.35. The molecule has 2 aromatic heterocycles. The van der Waals surface area contributed by atoms with Crippen LogP contribution < -0.4 is 4.74 Å². The number of carbonyl (C=O) groups excluding carboxylic acids is 1. The third kappa shape index (κ3) is 2.44. The smallest absolute Gasteiger partial charge is 0.220 e. The fraction of sp³-hybridized carbons (Fsp3) is 0.500. The van der Waals surface area contributed by atoms with Crippen molar-refractivity contribution in [2.24, 2.45) is 11.8 Å². The molecule has 0 spiro atoms. The Morgan fingerprint density at radius 2 is 1.96 bits per heavy atom. The van der Waals surface area contributed by atoms with Crippen LogP contribution in [0.2, 0.25) is 0 Å². The lowest BCUT2D eigenvalue weighted by atomic mass is 9.56. The topological polar surface area (TPSA) is 65.0 Å². The number of rotatable bonds is 2. The largest absolute Gasteiger partial charge is 0.481 e. The van der Waals surface area contributed by atoms with Crippen LogP contribution in [0.25, 0.3) is 11.4 Å². The van der Waals surface area contributed by atoms with Crippen LogP contribution in [-0.2, 0) is 16.6 Å². The van der Waals surface area contributed by atoms with Gasteiger partial charge in [0.15, 0.2) is 5.82 Å². The number of methoxy groups -OCH3 is 1. The van der Waals surface area contributed by atoms with Crippen LogP contribution in [0.5, 0.6) is 5.88 Å². The van der Waals surface area contributed by atoms with Crippen LogP contribution in [0.15, 0.2) is 24.5 Å². The summed E-state index contributed by atoms with van der Waals surface area (Å²) in [7, 11) is 1.67. The van der Waals surface area contributed by atoms with Gasteiger partial charge < -0.3 is 4.74 Å². The van der Waals surface area contributed by atoms with Crippen LogP contribution in [0, 0.1) is 11.8 Å². The fourth-order valence-electron chi connectivity index (χ4n) is 4.69. The molecule has 0 saturated heterocycles. The lowest BCUT2D eigenvalue weighted by Crippen LogP contribution is -2.47. The summed E-state index contributed by atoms with van der Waals surface area (Å²) in [5, 5.41) is 0. The van der Waals surface area contributed by atoms with Gasteiger partial charge in [0.25, 0.3) is 0 Å². The van der Waals surface area contributed by atoms with Crippen LogP contribution in [0.4, 0.5) is 0 Å². The maximum absolute atomic E-state index is 12.3. The summed E-state index contributed by atoms with van der Waals surface area (Å²) < 4.78 is 5.61. The molecule has 130 valence electrons. The molecule has 2 aliphatic carbocycles. The lowest BCUT2D eigenvalue weighted by molar-refractivity contribution is -0.128. The van der Waals surface area contributed by atoms with Crippen molar-refractivity contribution >= 4 is 5.78 Å². The predicted molar refractivity (Wildman–Crippen MR) is 94.4 cm³/mol. The van der Waals surface area contributed by atoms with Gasteiger partial charge in [-0.25, -0.2) is 4.98 Å². The summed E-state index contributed by atoms with van der Waals surface area (Å²) in [4.78, 5) is 26.0. The van der Waals surface area contributed by atoms with Crippen molar-refractivity contribution in [2.45, 2.75) is 44.9 Å². The summed E-state index contributed by atoms with van der Waals surface area (Å²) in [6.07, 6.45) is 6.83. The Labute approximate surface area is 147 Å². The number of hydrogen-bond donors (Lipinski definition) is 0. The molecule has 0 aromatic carbocycles. The maximum atomic E-state index is 12.3. The van der Waals surface area contributed by atoms with Crippen LogP contribution in [-0.4, -0.2) is 27.8 Å². The van der Waals surface area contributed by atoms with Crippen molar-refractivity contribution in [3.8, 4) is 17.3 Å². The van der Waals surface area contributed by atoms with Gasteiger partial charge in [-0.15, -0.1) is 0 Å². The van der Waals surface area contributed by atoms with Gasteiger partial charge >= 0.3 is 0 Å². The molecular formula is C20H23N3O2. The Bertz CT molecular complexity index is 821. The molecule has 0 N–H and O–H groups in total. The van der Waals surface area contributed by atoms with E-state index in [1.54, 1.807) is 19.5 Å². The van der Waals surface area contributed by atoms with E-state index in [0.29, 0.717) is 29.8 Å². The molecule has 0 unspecified atom stereocenters. The van der Waals surface area contributed by atoms with E-state index >= 15 is 0 Å². The zero-order valence-corrected chi connectivity index (χ0v) is 15.0. The van der Waals surface area contributed by atoms with Crippen LogP contribution in [0.1, 0.15) is 44.4 Å². The Morgan fingerprint density at radius 1 is 1.20 bits per heavy atom. The van der Waals surface area contributed by atoms with Gasteiger partial charge in [0.05, 0.1) is 12.8 Å². The number of aromatic nitrogens is 3. The van der Waals surface area contributed by atoms with Crippen molar-refractivity contribution in [1.82, 2.24) is 15.0 Å². The molecular weight excluding hydrogens is 314 g/mol. The SMILES string of the molecule is COc1nc(-c2ccncc2)nc2c1CC[C@@H]1[C@@H](C)C(=O)CC[C@@]21C. The Kier molecular flexibility index (Phi) is 3.82. The van der Waals surface area contributed by atoms with Gasteiger partial charge in [-0.3, -0.25) is 9.78 Å². The Morgan fingerprint density at radius 3 is 2.68 bits per heavy atom. The summed E-state index contributed by atoms with van der Waals surface area (Å²) >= 11 is 0. The standard InChI is InChI=1S/C20H23N3O2/c1-12-15-5-4-14-17(20(15,2)9-6-16(12)24)22-18(23-19(14)25-3)13-7-10-21-11-8-13/h7-8,10-12,15H,4-6,9H2,1-3H3/t12-,15-,20-/m1/s1. The normalized spacial score (nSPS) is 28.2. The molecule has 5 nitrogen and oxygen atoms in total. The summed E-state index contributed by atoms with van der Waals surface area (Å²) in [5.74, 6) is 2.16. The second-order valence-electron chi connectivity index (χ2n) is 7.44. The van der Waals surface area contributed by atoms with Gasteiger partial charge in [0.2, 0.25) is 5.88 Å². The highest BCUT2D eigenvalue weighted by Gasteiger charge is 2.49. The van der Waals surface area contributed by atoms with E-state index in [1.807, 2.05) is 12.1 Å². The highest BCUT2D eigenvalue weighted by Crippen LogP contribution is 2.51. The summed E-state index contributed by atoms with van der Waals surface area (Å²) in [5.41, 5.74) is 3.02. The molecule has 25 heavy (non-hydrogen) atoms. The van der Waals surface area contributed by atoms with Gasteiger partial charge in [0.1, 0.15) is 5.78 Å². The third-order valence-electron chi connectivity index (χ3n) is 6.17. The van der Waals surface area contributed by atoms with Gasteiger partial charge in [0, 0.05) is 41.3 Å². The molecule has 0 amide bonds. The molecule has 0 bridgehead atoms. The van der Waals surface area contributed by atoms with E-state index in [-0.39, 0.29) is 11.3 Å². The predicted octanol–water partition coefficient (Wildman–Crippen LogP) is 3.37. The minimum absolute atomic E-state index is 0.0947. The number of ketones is 1. The van der Waals surface area contributed by atoms with Crippen molar-refractivity contribution < 1.29 is 9.53 Å². The first kappa shape index (κ1) is 16.2. The van der Waals surface area contributed by atoms with Crippen LogP contribution >= 0.6 is 0 Å². The van der Waals surface area contributed by atoms with E-state index < -0.39 is 0 Å². The molecule has 2 aromatic rings. The first-order valence-corrected chi connectivity index (χ1v) is 8.93. The van der Waals surface area contributed by atoms with Crippen LogP contribution in [0.3, 0.4) is 0 Å². The first-order valence-electron chi connectivity index (χ1n) is 8.93. The van der Waals surface area contributed by atoms with Crippen molar-refractivity contribution in [2.75, 3.05) is 7.11 Å². The van der Waals surface area contributed by atoms with Gasteiger partial charge in [-0.2, -0.15) is 4.98 Å². The molecule has 1 saturated carbocycles. The van der Waals surface area contributed by atoms with E-state index in [0.717, 1.165) is 36.1 Å². The van der Waals surface area contributed by atoms with Crippen molar-refractivity contribution in [1.29, 1.82) is 0 Å². The maximum Gasteiger partial charge on any atom is 0.220 e. The molecule has 5 heteroatoms. The highest BCUT2D eigenvalue weighted by atomic mass is 16.5. The number of ether oxygens (including phenoxy) is 1. The Balaban J connectivity index is 1.89. The fourth-order valence-corrected chi connectivity index (χ4v) is 4.69. The number of carbonyl (C=O) groups is 1. The number of hydrogen-bond acceptors (Lipinski definition) is 5. The molecule has 2 aliphatic rings. The van der Waals surface area contributed by atoms with E-state index in [2.05, 4.69) is 23.8 Å². The van der Waals surface area contributed by atoms with Crippen molar-refractivity contribution in [3.63, 3.8) is 0 Å². The molecule has 1 fully saturated rings. The molecule has 0 aliphatic heterocycles. The van der Waals surface area contributed by atoms with E-state index in [4.69, 9.17) is 9.72 Å². The highest BCUT2D eigenvalue weighted by molar-refractivity contribution is 5.82. The Hall–Kier alpha value is -2.30. The minimum Gasteiger partial charge on any atom is -0.481 e. The quantitative estimate of drug-likeness (QED) is 0.840. The minimum atomic E-state index is -0.0983. The van der Waals surface area contributed by atoms with Gasteiger partial charge in [-0.05, 0) is 37.3 Å². The zero-order valence-electron chi connectivity index (χ0n) is 15.0. The second-order valence-corrected chi connectivity index (χ2v) is 7.44. The number of pyridine rings is 1. The lowest BCUT2D eigenvalue weighted by Gasteiger charge is -2.47. The molecule has 0 radical (unpaired) electrons. The third-order valence-corrected chi connectivity index (χ3v) is 6.17. The van der Waals surface area contributed by atoms with Gasteiger partial charge in [-0.1, -0.05) is 13.8 Å². The van der Waals surface area contributed by atoms with E-state index in [9.17, 15) is 4.79 Å². The molecule has 3 atom stereocenters. The zero-order chi connectivity index (χ0) is 17.6. The van der Waals surface area contributed by atoms with E-state index in [1.165, 1.54) is 0 Å².